The fraction of sp³-hybridized carbons (Fsp3) is 0.368. The molecule has 1 fully saturated rings. The molecule has 2 N–H and O–H groups in total. The lowest BCUT2D eigenvalue weighted by Crippen LogP contribution is -2.48. The van der Waals surface area contributed by atoms with Gasteiger partial charge in [0.25, 0.3) is 0 Å². The number of pyridine rings is 1. The number of nitrogens with zero attached hydrogens (tertiary/aromatic N) is 5. The minimum atomic E-state index is -1.24. The van der Waals surface area contributed by atoms with E-state index < -0.39 is 10.8 Å². The first-order valence-corrected chi connectivity index (χ1v) is 11.1. The summed E-state index contributed by atoms with van der Waals surface area (Å²) in [4.78, 5) is 17.9. The second-order valence-corrected chi connectivity index (χ2v) is 8.95. The van der Waals surface area contributed by atoms with Gasteiger partial charge in [-0.05, 0) is 31.4 Å². The maximum Gasteiger partial charge on any atom is 0.180 e. The van der Waals surface area contributed by atoms with Gasteiger partial charge in [-0.2, -0.15) is 0 Å². The smallest absolute Gasteiger partial charge is 0.180 e. The van der Waals surface area contributed by atoms with Crippen LogP contribution in [0.15, 0.2) is 23.5 Å². The van der Waals surface area contributed by atoms with E-state index >= 15 is 0 Å². The quantitative estimate of drug-likeness (QED) is 0.616. The summed E-state index contributed by atoms with van der Waals surface area (Å²) in [5.74, 6) is 1.16. The van der Waals surface area contributed by atoms with Crippen LogP contribution in [-0.2, 0) is 17.8 Å². The standard InChI is InChI=1S/C19H21ClN6O2S/c1-26-15(5-4-14-21-8-12(20)9-22-14)24-18-17(26)16(13(10-23-18)29(2)28)25-19(11-27)6-3-7-19/h4-5,8-10,27H,3,6-7,11H2,1-2H3,(H,23,25)/b5-4+/t29-/m0/s1. The Morgan fingerprint density at radius 1 is 1.28 bits per heavy atom. The highest BCUT2D eigenvalue weighted by molar-refractivity contribution is 7.84. The Kier molecular flexibility index (Phi) is 5.37. The van der Waals surface area contributed by atoms with Gasteiger partial charge in [0.15, 0.2) is 11.5 Å². The van der Waals surface area contributed by atoms with Gasteiger partial charge in [0.1, 0.15) is 11.3 Å². The first-order chi connectivity index (χ1) is 13.9. The molecule has 0 aliphatic heterocycles. The number of rotatable bonds is 6. The van der Waals surface area contributed by atoms with Crippen molar-refractivity contribution in [3.05, 3.63) is 35.3 Å². The normalized spacial score (nSPS) is 16.8. The van der Waals surface area contributed by atoms with Gasteiger partial charge in [0.2, 0.25) is 0 Å². The second-order valence-electron chi connectivity index (χ2n) is 7.16. The van der Waals surface area contributed by atoms with E-state index in [1.165, 1.54) is 12.4 Å². The van der Waals surface area contributed by atoms with Gasteiger partial charge in [0, 0.05) is 31.9 Å². The molecule has 3 aromatic heterocycles. The number of aliphatic hydroxyl groups excluding tert-OH is 1. The summed E-state index contributed by atoms with van der Waals surface area (Å²) in [5, 5.41) is 13.8. The molecule has 0 saturated heterocycles. The van der Waals surface area contributed by atoms with Crippen LogP contribution in [0.2, 0.25) is 5.02 Å². The number of fused-ring (bicyclic) bond motifs is 1. The van der Waals surface area contributed by atoms with Crippen molar-refractivity contribution >= 4 is 51.4 Å². The Morgan fingerprint density at radius 3 is 2.59 bits per heavy atom. The minimum Gasteiger partial charge on any atom is -0.394 e. The molecule has 0 radical (unpaired) electrons. The van der Waals surface area contributed by atoms with E-state index in [0.717, 1.165) is 24.8 Å². The van der Waals surface area contributed by atoms with Crippen LogP contribution in [0.4, 0.5) is 5.69 Å². The summed E-state index contributed by atoms with van der Waals surface area (Å²) in [5.41, 5.74) is 1.60. The predicted molar refractivity (Wildman–Crippen MR) is 114 cm³/mol. The number of nitrogens with one attached hydrogen (secondary N) is 1. The van der Waals surface area contributed by atoms with Gasteiger partial charge in [-0.3, -0.25) is 4.21 Å². The Hall–Kier alpha value is -2.36. The van der Waals surface area contributed by atoms with E-state index in [4.69, 9.17) is 11.6 Å². The summed E-state index contributed by atoms with van der Waals surface area (Å²) in [6, 6.07) is 0. The van der Waals surface area contributed by atoms with Crippen LogP contribution in [0.3, 0.4) is 0 Å². The topological polar surface area (TPSA) is 106 Å². The van der Waals surface area contributed by atoms with Crippen LogP contribution in [0, 0.1) is 0 Å². The van der Waals surface area contributed by atoms with Crippen molar-refractivity contribution in [2.75, 3.05) is 18.2 Å². The highest BCUT2D eigenvalue weighted by Crippen LogP contribution is 2.39. The molecule has 8 nitrogen and oxygen atoms in total. The molecule has 152 valence electrons. The zero-order valence-corrected chi connectivity index (χ0v) is 17.7. The van der Waals surface area contributed by atoms with Gasteiger partial charge >= 0.3 is 0 Å². The highest BCUT2D eigenvalue weighted by Gasteiger charge is 2.37. The molecule has 3 aromatic rings. The van der Waals surface area contributed by atoms with Crippen molar-refractivity contribution < 1.29 is 9.32 Å². The third kappa shape index (κ3) is 3.77. The number of imidazole rings is 1. The zero-order valence-electron chi connectivity index (χ0n) is 16.1. The molecule has 3 heterocycles. The molecule has 4 rings (SSSR count). The molecule has 1 aliphatic carbocycles. The lowest BCUT2D eigenvalue weighted by Gasteiger charge is -2.42. The molecular weight excluding hydrogens is 412 g/mol. The first-order valence-electron chi connectivity index (χ1n) is 9.16. The molecule has 0 bridgehead atoms. The van der Waals surface area contributed by atoms with Crippen molar-refractivity contribution in [3.63, 3.8) is 0 Å². The summed E-state index contributed by atoms with van der Waals surface area (Å²) >= 11 is 5.82. The molecule has 10 heteroatoms. The van der Waals surface area contributed by atoms with E-state index in [-0.39, 0.29) is 12.1 Å². The molecule has 0 spiro atoms. The monoisotopic (exact) mass is 432 g/mol. The van der Waals surface area contributed by atoms with E-state index in [0.29, 0.717) is 32.9 Å². The summed E-state index contributed by atoms with van der Waals surface area (Å²) in [6.45, 7) is 0.0190. The summed E-state index contributed by atoms with van der Waals surface area (Å²) < 4.78 is 14.2. The van der Waals surface area contributed by atoms with E-state index in [9.17, 15) is 9.32 Å². The molecule has 0 aromatic carbocycles. The van der Waals surface area contributed by atoms with Gasteiger partial charge in [0.05, 0.1) is 38.6 Å². The fourth-order valence-corrected chi connectivity index (χ4v) is 4.14. The number of halogens is 1. The lowest BCUT2D eigenvalue weighted by molar-refractivity contribution is 0.144. The third-order valence-corrected chi connectivity index (χ3v) is 6.36. The molecule has 1 atom stereocenters. The Morgan fingerprint density at radius 2 is 2.00 bits per heavy atom. The Bertz CT molecular complexity index is 1100. The van der Waals surface area contributed by atoms with Gasteiger partial charge in [-0.15, -0.1) is 0 Å². The molecule has 1 saturated carbocycles. The summed E-state index contributed by atoms with van der Waals surface area (Å²) in [7, 11) is 0.630. The maximum absolute atomic E-state index is 12.3. The first kappa shape index (κ1) is 19.9. The average molecular weight is 433 g/mol. The predicted octanol–water partition coefficient (Wildman–Crippen LogP) is 2.65. The molecule has 0 unspecified atom stereocenters. The van der Waals surface area contributed by atoms with Crippen LogP contribution in [0.25, 0.3) is 23.3 Å². The number of anilines is 1. The van der Waals surface area contributed by atoms with E-state index in [1.807, 2.05) is 11.6 Å². The number of hydrogen-bond acceptors (Lipinski definition) is 7. The Labute approximate surface area is 175 Å². The van der Waals surface area contributed by atoms with Crippen molar-refractivity contribution in [3.8, 4) is 0 Å². The van der Waals surface area contributed by atoms with Crippen LogP contribution in [-0.4, -0.2) is 52.2 Å². The number of hydrogen-bond donors (Lipinski definition) is 2. The van der Waals surface area contributed by atoms with Crippen molar-refractivity contribution in [2.24, 2.45) is 7.05 Å². The Balaban J connectivity index is 1.79. The minimum absolute atomic E-state index is 0.0190. The summed E-state index contributed by atoms with van der Waals surface area (Å²) in [6.07, 6.45) is 12.6. The van der Waals surface area contributed by atoms with Crippen LogP contribution >= 0.6 is 11.6 Å². The number of aliphatic hydroxyl groups is 1. The van der Waals surface area contributed by atoms with Gasteiger partial charge in [-0.1, -0.05) is 11.6 Å². The second kappa shape index (κ2) is 7.81. The molecular formula is C19H21ClN6O2S. The van der Waals surface area contributed by atoms with E-state index in [2.05, 4.69) is 25.3 Å². The number of aryl methyl sites for hydroxylation is 1. The molecule has 1 aliphatic rings. The fourth-order valence-electron chi connectivity index (χ4n) is 3.41. The lowest BCUT2D eigenvalue weighted by atomic mass is 9.77. The van der Waals surface area contributed by atoms with Crippen molar-refractivity contribution in [1.82, 2.24) is 24.5 Å². The zero-order chi connectivity index (χ0) is 20.6. The largest absolute Gasteiger partial charge is 0.394 e. The number of aromatic nitrogens is 5. The SMILES string of the molecule is Cn1c(/C=C/c2ncc(Cl)cn2)nc2ncc([S@](C)=O)c(NC3(CO)CCC3)c21. The van der Waals surface area contributed by atoms with Crippen molar-refractivity contribution in [1.29, 1.82) is 0 Å². The highest BCUT2D eigenvalue weighted by atomic mass is 35.5. The van der Waals surface area contributed by atoms with Crippen LogP contribution in [0.5, 0.6) is 0 Å². The average Bonchev–Trinajstić information content (AvgIpc) is 3.00. The van der Waals surface area contributed by atoms with Gasteiger partial charge < -0.3 is 15.0 Å². The van der Waals surface area contributed by atoms with Crippen molar-refractivity contribution in [2.45, 2.75) is 29.7 Å². The third-order valence-electron chi connectivity index (χ3n) is 5.23. The van der Waals surface area contributed by atoms with E-state index in [1.54, 1.807) is 24.6 Å². The molecule has 0 amide bonds. The maximum atomic E-state index is 12.3. The van der Waals surface area contributed by atoms with Gasteiger partial charge in [-0.25, -0.2) is 19.9 Å². The van der Waals surface area contributed by atoms with Crippen LogP contribution in [0.1, 0.15) is 30.9 Å². The van der Waals surface area contributed by atoms with Crippen LogP contribution < -0.4 is 5.32 Å². The molecule has 29 heavy (non-hydrogen) atoms.